The molecule has 0 fully saturated rings. The van der Waals surface area contributed by atoms with E-state index in [2.05, 4.69) is 13.8 Å². The van der Waals surface area contributed by atoms with Crippen molar-refractivity contribution in [3.8, 4) is 5.75 Å². The Morgan fingerprint density at radius 1 is 1.12 bits per heavy atom. The first-order valence-corrected chi connectivity index (χ1v) is 5.62. The van der Waals surface area contributed by atoms with Crippen molar-refractivity contribution in [2.45, 2.75) is 26.4 Å². The van der Waals surface area contributed by atoms with E-state index < -0.39 is 0 Å². The van der Waals surface area contributed by atoms with Gasteiger partial charge in [0.05, 0.1) is 11.8 Å². The Hall–Kier alpha value is -1.70. The normalized spacial score (nSPS) is 12.6. The van der Waals surface area contributed by atoms with Crippen LogP contribution in [0.5, 0.6) is 5.75 Å². The van der Waals surface area contributed by atoms with Gasteiger partial charge in [-0.25, -0.2) is 0 Å². The summed E-state index contributed by atoms with van der Waals surface area (Å²) in [5.41, 5.74) is 8.38. The van der Waals surface area contributed by atoms with Crippen LogP contribution in [0.15, 0.2) is 36.4 Å². The standard InChI is InChI=1S/C14H16NO/c1-3-10(2)16-14-9-5-6-11-12(14)7-4-8-13(11)15/h4-10,15H,3H2,1-2H3. The van der Waals surface area contributed by atoms with Crippen LogP contribution in [0.25, 0.3) is 10.8 Å². The van der Waals surface area contributed by atoms with Crippen molar-refractivity contribution >= 4 is 16.5 Å². The molecule has 2 rings (SSSR count). The molecule has 1 atom stereocenters. The molecule has 0 aliphatic heterocycles. The average molecular weight is 214 g/mol. The van der Waals surface area contributed by atoms with Crippen LogP contribution in [0.2, 0.25) is 0 Å². The first-order valence-electron chi connectivity index (χ1n) is 5.62. The van der Waals surface area contributed by atoms with E-state index >= 15 is 0 Å². The molecule has 2 heteroatoms. The Bertz CT molecular complexity index is 493. The van der Waals surface area contributed by atoms with E-state index in [0.717, 1.165) is 22.9 Å². The largest absolute Gasteiger partial charge is 0.490 e. The number of hydrogen-bond donors (Lipinski definition) is 0. The third-order valence-electron chi connectivity index (χ3n) is 2.79. The summed E-state index contributed by atoms with van der Waals surface area (Å²) in [5, 5.41) is 1.97. The van der Waals surface area contributed by atoms with Crippen LogP contribution in [0.1, 0.15) is 20.3 Å². The average Bonchev–Trinajstić information content (AvgIpc) is 2.30. The van der Waals surface area contributed by atoms with Crippen LogP contribution in [-0.2, 0) is 0 Å². The number of fused-ring (bicyclic) bond motifs is 1. The van der Waals surface area contributed by atoms with Gasteiger partial charge in [0.25, 0.3) is 0 Å². The molecule has 1 unspecified atom stereocenters. The van der Waals surface area contributed by atoms with Gasteiger partial charge in [-0.2, -0.15) is 0 Å². The minimum Gasteiger partial charge on any atom is -0.490 e. The lowest BCUT2D eigenvalue weighted by molar-refractivity contribution is 0.220. The molecule has 2 aromatic rings. The van der Waals surface area contributed by atoms with Crippen LogP contribution in [0.4, 0.5) is 5.69 Å². The topological polar surface area (TPSA) is 33.0 Å². The molecule has 0 amide bonds. The molecule has 0 spiro atoms. The fourth-order valence-corrected chi connectivity index (χ4v) is 1.68. The molecule has 0 bridgehead atoms. The van der Waals surface area contributed by atoms with Gasteiger partial charge in [-0.3, -0.25) is 0 Å². The number of benzene rings is 2. The minimum atomic E-state index is 0.208. The number of hydrogen-bond acceptors (Lipinski definition) is 1. The van der Waals surface area contributed by atoms with E-state index in [1.807, 2.05) is 30.3 Å². The molecular weight excluding hydrogens is 198 g/mol. The van der Waals surface area contributed by atoms with Crippen molar-refractivity contribution in [3.05, 3.63) is 36.4 Å². The van der Waals surface area contributed by atoms with Gasteiger partial charge in [0.15, 0.2) is 0 Å². The fraction of sp³-hybridized carbons (Fsp3) is 0.286. The van der Waals surface area contributed by atoms with Crippen LogP contribution in [-0.4, -0.2) is 6.10 Å². The zero-order chi connectivity index (χ0) is 11.5. The Kier molecular flexibility index (Phi) is 3.00. The highest BCUT2D eigenvalue weighted by Gasteiger charge is 2.06. The second-order valence-corrected chi connectivity index (χ2v) is 3.99. The molecular formula is C14H16NO. The molecule has 0 saturated heterocycles. The summed E-state index contributed by atoms with van der Waals surface area (Å²) in [4.78, 5) is 0. The van der Waals surface area contributed by atoms with E-state index in [9.17, 15) is 0 Å². The second kappa shape index (κ2) is 4.44. The maximum atomic E-state index is 7.83. The Balaban J connectivity index is 2.50. The molecule has 16 heavy (non-hydrogen) atoms. The number of nitrogens with one attached hydrogen (secondary N) is 1. The lowest BCUT2D eigenvalue weighted by atomic mass is 10.1. The van der Waals surface area contributed by atoms with Gasteiger partial charge in [-0.15, -0.1) is 0 Å². The number of ether oxygens (including phenoxy) is 1. The predicted octanol–water partition coefficient (Wildman–Crippen LogP) is 3.93. The summed E-state index contributed by atoms with van der Waals surface area (Å²) in [6, 6.07) is 11.6. The minimum absolute atomic E-state index is 0.208. The molecule has 2 aromatic carbocycles. The van der Waals surface area contributed by atoms with Gasteiger partial charge in [0.2, 0.25) is 0 Å². The van der Waals surface area contributed by atoms with Gasteiger partial charge < -0.3 is 10.5 Å². The van der Waals surface area contributed by atoms with Crippen molar-refractivity contribution in [2.75, 3.05) is 0 Å². The van der Waals surface area contributed by atoms with E-state index in [4.69, 9.17) is 10.5 Å². The van der Waals surface area contributed by atoms with E-state index in [1.165, 1.54) is 0 Å². The highest BCUT2D eigenvalue weighted by atomic mass is 16.5. The summed E-state index contributed by atoms with van der Waals surface area (Å²) in [5.74, 6) is 0.876. The molecule has 0 heterocycles. The van der Waals surface area contributed by atoms with Crippen molar-refractivity contribution in [1.82, 2.24) is 5.73 Å². The highest BCUT2D eigenvalue weighted by Crippen LogP contribution is 2.30. The summed E-state index contributed by atoms with van der Waals surface area (Å²) in [6.07, 6.45) is 1.19. The van der Waals surface area contributed by atoms with E-state index in [0.29, 0.717) is 5.69 Å². The lowest BCUT2D eigenvalue weighted by Crippen LogP contribution is -2.09. The van der Waals surface area contributed by atoms with Crippen LogP contribution < -0.4 is 10.5 Å². The third kappa shape index (κ3) is 1.96. The van der Waals surface area contributed by atoms with Gasteiger partial charge in [0, 0.05) is 10.8 Å². The van der Waals surface area contributed by atoms with Gasteiger partial charge in [0.1, 0.15) is 5.75 Å². The van der Waals surface area contributed by atoms with Crippen LogP contribution in [0, 0.1) is 0 Å². The number of rotatable bonds is 3. The molecule has 0 aliphatic rings. The highest BCUT2D eigenvalue weighted by molar-refractivity contribution is 5.95. The lowest BCUT2D eigenvalue weighted by Gasteiger charge is -2.14. The summed E-state index contributed by atoms with van der Waals surface area (Å²) < 4.78 is 5.85. The predicted molar refractivity (Wildman–Crippen MR) is 67.1 cm³/mol. The van der Waals surface area contributed by atoms with Crippen molar-refractivity contribution in [3.63, 3.8) is 0 Å². The van der Waals surface area contributed by atoms with Gasteiger partial charge in [-0.05, 0) is 25.5 Å². The summed E-state index contributed by atoms with van der Waals surface area (Å²) in [7, 11) is 0. The van der Waals surface area contributed by atoms with Crippen LogP contribution in [0.3, 0.4) is 0 Å². The fourth-order valence-electron chi connectivity index (χ4n) is 1.68. The monoisotopic (exact) mass is 214 g/mol. The van der Waals surface area contributed by atoms with Gasteiger partial charge >= 0.3 is 0 Å². The molecule has 0 aliphatic carbocycles. The quantitative estimate of drug-likeness (QED) is 0.762. The molecule has 2 nitrogen and oxygen atoms in total. The zero-order valence-electron chi connectivity index (χ0n) is 9.66. The SMILES string of the molecule is CCC(C)Oc1cccc2c([NH])cccc12. The van der Waals surface area contributed by atoms with Crippen LogP contribution >= 0.6 is 0 Å². The third-order valence-corrected chi connectivity index (χ3v) is 2.79. The second-order valence-electron chi connectivity index (χ2n) is 3.99. The maximum absolute atomic E-state index is 7.83. The molecule has 83 valence electrons. The molecule has 0 aromatic heterocycles. The Morgan fingerprint density at radius 3 is 2.56 bits per heavy atom. The van der Waals surface area contributed by atoms with E-state index in [-0.39, 0.29) is 6.10 Å². The zero-order valence-corrected chi connectivity index (χ0v) is 9.66. The first-order chi connectivity index (χ1) is 7.72. The Morgan fingerprint density at radius 2 is 1.81 bits per heavy atom. The van der Waals surface area contributed by atoms with Crippen molar-refractivity contribution < 1.29 is 4.74 Å². The van der Waals surface area contributed by atoms with Crippen molar-refractivity contribution in [2.24, 2.45) is 0 Å². The smallest absolute Gasteiger partial charge is 0.127 e. The Labute approximate surface area is 96.0 Å². The first kappa shape index (κ1) is 10.8. The van der Waals surface area contributed by atoms with E-state index in [1.54, 1.807) is 6.07 Å². The molecule has 1 N–H and O–H groups in total. The summed E-state index contributed by atoms with van der Waals surface area (Å²) >= 11 is 0. The van der Waals surface area contributed by atoms with Crippen molar-refractivity contribution in [1.29, 1.82) is 0 Å². The maximum Gasteiger partial charge on any atom is 0.127 e. The molecule has 1 radical (unpaired) electrons. The summed E-state index contributed by atoms with van der Waals surface area (Å²) in [6.45, 7) is 4.16. The molecule has 0 saturated carbocycles. The van der Waals surface area contributed by atoms with Gasteiger partial charge in [-0.1, -0.05) is 31.2 Å².